The third-order valence-corrected chi connectivity index (χ3v) is 3.05. The molecule has 0 saturated carbocycles. The lowest BCUT2D eigenvalue weighted by Crippen LogP contribution is -2.19. The lowest BCUT2D eigenvalue weighted by Gasteiger charge is -2.04. The average Bonchev–Trinajstić information content (AvgIpc) is 2.85. The Hall–Kier alpha value is -0.940. The number of nitrogens with zero attached hydrogens (tertiary/aromatic N) is 3. The molecule has 1 rings (SSSR count). The summed E-state index contributed by atoms with van der Waals surface area (Å²) in [4.78, 5) is 0. The van der Waals surface area contributed by atoms with Crippen molar-refractivity contribution in [3.05, 3.63) is 11.9 Å². The Bertz CT molecular complexity index is 338. The smallest absolute Gasteiger partial charge is 0.0964 e. The largest absolute Gasteiger partial charge is 0.380 e. The van der Waals surface area contributed by atoms with Gasteiger partial charge in [-0.3, -0.25) is 0 Å². The molecule has 0 atom stereocenters. The molecule has 20 heavy (non-hydrogen) atoms. The monoisotopic (exact) mass is 282 g/mol. The zero-order valence-electron chi connectivity index (χ0n) is 13.3. The maximum atomic E-state index is 5.60. The molecule has 1 heterocycles. The van der Waals surface area contributed by atoms with Crippen molar-refractivity contribution >= 4 is 0 Å². The van der Waals surface area contributed by atoms with Crippen LogP contribution in [0.25, 0.3) is 0 Å². The molecule has 0 aliphatic carbocycles. The number of hydrogen-bond donors (Lipinski definition) is 1. The Balaban J connectivity index is 2.05. The van der Waals surface area contributed by atoms with E-state index in [1.54, 1.807) is 0 Å². The van der Waals surface area contributed by atoms with E-state index >= 15 is 0 Å². The average molecular weight is 282 g/mol. The van der Waals surface area contributed by atoms with Crippen LogP contribution < -0.4 is 5.32 Å². The summed E-state index contributed by atoms with van der Waals surface area (Å²) in [5, 5.41) is 11.6. The van der Waals surface area contributed by atoms with Crippen LogP contribution in [0, 0.1) is 5.92 Å². The molecule has 0 spiro atoms. The zero-order chi connectivity index (χ0) is 14.6. The van der Waals surface area contributed by atoms with Gasteiger partial charge in [-0.2, -0.15) is 0 Å². The minimum atomic E-state index is 0.658. The van der Waals surface area contributed by atoms with Crippen LogP contribution in [-0.2, 0) is 17.8 Å². The second kappa shape index (κ2) is 10.8. The first kappa shape index (κ1) is 17.1. The van der Waals surface area contributed by atoms with Gasteiger partial charge in [-0.05, 0) is 18.9 Å². The lowest BCUT2D eigenvalue weighted by molar-refractivity contribution is 0.119. The third kappa shape index (κ3) is 8.27. The van der Waals surface area contributed by atoms with Crippen LogP contribution in [0.3, 0.4) is 0 Å². The molecular formula is C15H30N4O. The minimum absolute atomic E-state index is 0.658. The molecule has 0 saturated heterocycles. The van der Waals surface area contributed by atoms with Crippen molar-refractivity contribution in [2.24, 2.45) is 5.92 Å². The number of nitrogens with one attached hydrogen (secondary N) is 1. The van der Waals surface area contributed by atoms with Gasteiger partial charge in [0, 0.05) is 19.3 Å². The molecule has 0 aliphatic rings. The highest BCUT2D eigenvalue weighted by Gasteiger charge is 2.01. The van der Waals surface area contributed by atoms with Gasteiger partial charge in [-0.15, -0.1) is 5.10 Å². The number of rotatable bonds is 12. The molecule has 0 fully saturated rings. The van der Waals surface area contributed by atoms with E-state index < -0.39 is 0 Å². The Morgan fingerprint density at radius 3 is 2.85 bits per heavy atom. The molecule has 0 amide bonds. The molecule has 0 unspecified atom stereocenters. The van der Waals surface area contributed by atoms with E-state index in [9.17, 15) is 0 Å². The zero-order valence-corrected chi connectivity index (χ0v) is 13.3. The van der Waals surface area contributed by atoms with Gasteiger partial charge in [-0.25, -0.2) is 4.68 Å². The lowest BCUT2D eigenvalue weighted by atomic mass is 10.2. The van der Waals surface area contributed by atoms with Gasteiger partial charge in [0.25, 0.3) is 0 Å². The molecule has 1 aromatic rings. The van der Waals surface area contributed by atoms with Crippen LogP contribution in [0.2, 0.25) is 0 Å². The number of aromatic nitrogens is 3. The Morgan fingerprint density at radius 2 is 2.10 bits per heavy atom. The van der Waals surface area contributed by atoms with E-state index in [4.69, 9.17) is 4.74 Å². The van der Waals surface area contributed by atoms with Gasteiger partial charge in [0.1, 0.15) is 0 Å². The van der Waals surface area contributed by atoms with E-state index in [1.165, 1.54) is 19.3 Å². The molecule has 0 aliphatic heterocycles. The second-order valence-electron chi connectivity index (χ2n) is 5.67. The molecule has 116 valence electrons. The van der Waals surface area contributed by atoms with Crippen LogP contribution in [0.5, 0.6) is 0 Å². The fraction of sp³-hybridized carbons (Fsp3) is 0.867. The summed E-state index contributed by atoms with van der Waals surface area (Å²) in [6.45, 7) is 10.8. The summed E-state index contributed by atoms with van der Waals surface area (Å²) in [5.41, 5.74) is 0.994. The summed E-state index contributed by atoms with van der Waals surface area (Å²) >= 11 is 0. The van der Waals surface area contributed by atoms with Gasteiger partial charge < -0.3 is 10.1 Å². The quantitative estimate of drug-likeness (QED) is 0.599. The number of unbranched alkanes of at least 4 members (excludes halogenated alkanes) is 3. The molecule has 1 aromatic heterocycles. The molecule has 5 nitrogen and oxygen atoms in total. The molecular weight excluding hydrogens is 252 g/mol. The minimum Gasteiger partial charge on any atom is -0.380 e. The second-order valence-corrected chi connectivity index (χ2v) is 5.67. The van der Waals surface area contributed by atoms with Crippen LogP contribution in [0.15, 0.2) is 6.20 Å². The van der Waals surface area contributed by atoms with Crippen molar-refractivity contribution in [3.8, 4) is 0 Å². The van der Waals surface area contributed by atoms with Crippen molar-refractivity contribution in [3.63, 3.8) is 0 Å². The van der Waals surface area contributed by atoms with Crippen LogP contribution in [0.1, 0.15) is 52.1 Å². The van der Waals surface area contributed by atoms with Crippen LogP contribution in [0.4, 0.5) is 0 Å². The first-order valence-corrected chi connectivity index (χ1v) is 7.89. The Labute approximate surface area is 123 Å². The predicted octanol–water partition coefficient (Wildman–Crippen LogP) is 2.62. The fourth-order valence-electron chi connectivity index (χ4n) is 1.91. The summed E-state index contributed by atoms with van der Waals surface area (Å²) in [6.07, 6.45) is 7.00. The molecule has 1 N–H and O–H groups in total. The maximum absolute atomic E-state index is 5.60. The summed E-state index contributed by atoms with van der Waals surface area (Å²) in [5.74, 6) is 0.658. The highest BCUT2D eigenvalue weighted by Crippen LogP contribution is 1.99. The number of hydrogen-bond acceptors (Lipinski definition) is 4. The SMILES string of the molecule is CCCCCCOCCn1cc(CNCC(C)C)nn1. The van der Waals surface area contributed by atoms with Crippen molar-refractivity contribution in [2.45, 2.75) is 59.5 Å². The molecule has 0 bridgehead atoms. The maximum Gasteiger partial charge on any atom is 0.0964 e. The van der Waals surface area contributed by atoms with Crippen molar-refractivity contribution in [1.29, 1.82) is 0 Å². The summed E-state index contributed by atoms with van der Waals surface area (Å²) in [7, 11) is 0. The molecule has 5 heteroatoms. The number of ether oxygens (including phenoxy) is 1. The van der Waals surface area contributed by atoms with E-state index in [-0.39, 0.29) is 0 Å². The topological polar surface area (TPSA) is 52.0 Å². The van der Waals surface area contributed by atoms with Gasteiger partial charge in [-0.1, -0.05) is 45.2 Å². The van der Waals surface area contributed by atoms with E-state index in [2.05, 4.69) is 36.4 Å². The van der Waals surface area contributed by atoms with Crippen molar-refractivity contribution in [2.75, 3.05) is 19.8 Å². The van der Waals surface area contributed by atoms with Gasteiger partial charge in [0.2, 0.25) is 0 Å². The highest BCUT2D eigenvalue weighted by atomic mass is 16.5. The molecule has 0 radical (unpaired) electrons. The predicted molar refractivity (Wildman–Crippen MR) is 81.5 cm³/mol. The highest BCUT2D eigenvalue weighted by molar-refractivity contribution is 4.91. The van der Waals surface area contributed by atoms with Gasteiger partial charge in [0.05, 0.1) is 18.8 Å². The summed E-state index contributed by atoms with van der Waals surface area (Å²) < 4.78 is 7.46. The van der Waals surface area contributed by atoms with E-state index in [0.29, 0.717) is 12.5 Å². The first-order chi connectivity index (χ1) is 9.72. The van der Waals surface area contributed by atoms with Crippen molar-refractivity contribution < 1.29 is 4.74 Å². The van der Waals surface area contributed by atoms with Gasteiger partial charge >= 0.3 is 0 Å². The molecule has 0 aromatic carbocycles. The Morgan fingerprint density at radius 1 is 1.25 bits per heavy atom. The van der Waals surface area contributed by atoms with E-state index in [1.807, 2.05) is 10.9 Å². The Kier molecular flexibility index (Phi) is 9.24. The fourth-order valence-corrected chi connectivity index (χ4v) is 1.91. The normalized spacial score (nSPS) is 11.4. The van der Waals surface area contributed by atoms with E-state index in [0.717, 1.165) is 38.4 Å². The first-order valence-electron chi connectivity index (χ1n) is 7.89. The van der Waals surface area contributed by atoms with Gasteiger partial charge in [0.15, 0.2) is 0 Å². The standard InChI is InChI=1S/C15H30N4O/c1-4-5-6-7-9-20-10-8-19-13-15(17-18-19)12-16-11-14(2)3/h13-14,16H,4-12H2,1-3H3. The van der Waals surface area contributed by atoms with Crippen LogP contribution in [-0.4, -0.2) is 34.8 Å². The summed E-state index contributed by atoms with van der Waals surface area (Å²) in [6, 6.07) is 0. The third-order valence-electron chi connectivity index (χ3n) is 3.05. The van der Waals surface area contributed by atoms with Crippen LogP contribution >= 0.6 is 0 Å². The van der Waals surface area contributed by atoms with Crippen molar-refractivity contribution in [1.82, 2.24) is 20.3 Å².